The molecule has 174 valence electrons. The second-order valence-electron chi connectivity index (χ2n) is 5.86. The van der Waals surface area contributed by atoms with Crippen molar-refractivity contribution in [2.24, 2.45) is 10.2 Å². The maximum absolute atomic E-state index is 11.5. The first-order valence-corrected chi connectivity index (χ1v) is 12.2. The number of phosphoric acid groups is 1. The maximum Gasteiger partial charge on any atom is 0.265 e. The van der Waals surface area contributed by atoms with Crippen LogP contribution in [0.3, 0.4) is 0 Å². The van der Waals surface area contributed by atoms with Crippen LogP contribution in [0.4, 0.5) is 11.5 Å². The van der Waals surface area contributed by atoms with E-state index in [1.807, 2.05) is 0 Å². The highest BCUT2D eigenvalue weighted by Crippen LogP contribution is 2.37. The molecule has 0 bridgehead atoms. The quantitative estimate of drug-likeness (QED) is 0.208. The predicted octanol–water partition coefficient (Wildman–Crippen LogP) is 0.109. The van der Waals surface area contributed by atoms with Crippen LogP contribution in [-0.2, 0) is 35.9 Å². The number of hydrogen-bond donors (Lipinski definition) is 2. The average molecular weight is 508 g/mol. The highest BCUT2D eigenvalue weighted by Gasteiger charge is 2.20. The summed E-state index contributed by atoms with van der Waals surface area (Å²) in [5.74, 6) is -1.25. The Bertz CT molecular complexity index is 1370. The van der Waals surface area contributed by atoms with Crippen LogP contribution in [0.25, 0.3) is 0 Å². The number of rotatable bonds is 8. The number of aromatic nitrogens is 1. The van der Waals surface area contributed by atoms with Crippen LogP contribution < -0.4 is 4.89 Å². The van der Waals surface area contributed by atoms with Crippen molar-refractivity contribution in [1.29, 1.82) is 0 Å². The number of aryl methyl sites for hydroxylation is 1. The highest BCUT2D eigenvalue weighted by molar-refractivity contribution is 7.86. The summed E-state index contributed by atoms with van der Waals surface area (Å²) >= 11 is 0. The molecule has 0 radical (unpaired) electrons. The van der Waals surface area contributed by atoms with Gasteiger partial charge < -0.3 is 28.5 Å². The molecule has 0 aliphatic heterocycles. The Morgan fingerprint density at radius 1 is 1.19 bits per heavy atom. The second kappa shape index (κ2) is 9.08. The third-order valence-electron chi connectivity index (χ3n) is 3.70. The average Bonchev–Trinajstić information content (AvgIpc) is 2.65. The number of carbonyl (C=O) groups is 1. The molecule has 2 rings (SSSR count). The molecule has 1 aromatic carbocycles. The number of carbonyl (C=O) groups excluding carboxylic acids is 1. The smallest absolute Gasteiger partial charge is 0.265 e. The van der Waals surface area contributed by atoms with Gasteiger partial charge in [0.05, 0.1) is 27.7 Å². The molecule has 15 nitrogen and oxygen atoms in total. The molecule has 1 aromatic heterocycles. The molecule has 0 amide bonds. The van der Waals surface area contributed by atoms with Gasteiger partial charge >= 0.3 is 0 Å². The SMILES string of the molecule is Cc1nc(N=Nc2ccc(S(=O)(=O)[O-])cc2S(=O)(=O)[O-])c(COP(=O)([O-])O)c(C=O)c1O. The third kappa shape index (κ3) is 6.21. The van der Waals surface area contributed by atoms with Gasteiger partial charge in [0.25, 0.3) is 7.82 Å². The van der Waals surface area contributed by atoms with Gasteiger partial charge in [-0.3, -0.25) is 9.36 Å². The van der Waals surface area contributed by atoms with Gasteiger partial charge in [0.1, 0.15) is 31.7 Å². The first kappa shape index (κ1) is 25.6. The normalized spacial score (nSPS) is 14.4. The molecule has 18 heteroatoms. The number of aromatic hydroxyl groups is 1. The van der Waals surface area contributed by atoms with E-state index in [9.17, 15) is 45.3 Å². The van der Waals surface area contributed by atoms with Crippen molar-refractivity contribution < 1.29 is 54.7 Å². The van der Waals surface area contributed by atoms with Gasteiger partial charge in [-0.1, -0.05) is 0 Å². The Morgan fingerprint density at radius 2 is 1.81 bits per heavy atom. The largest absolute Gasteiger partial charge is 0.756 e. The molecule has 1 atom stereocenters. The summed E-state index contributed by atoms with van der Waals surface area (Å²) in [7, 11) is -15.8. The number of hydrogen-bond acceptors (Lipinski definition) is 14. The minimum absolute atomic E-state index is 0.0935. The van der Waals surface area contributed by atoms with E-state index in [0.717, 1.165) is 0 Å². The highest BCUT2D eigenvalue weighted by atomic mass is 32.2. The summed E-state index contributed by atoms with van der Waals surface area (Å²) in [6.07, 6.45) is 0.0935. The van der Waals surface area contributed by atoms with Crippen LogP contribution in [0, 0.1) is 6.92 Å². The van der Waals surface area contributed by atoms with E-state index in [4.69, 9.17) is 4.89 Å². The van der Waals surface area contributed by atoms with Gasteiger partial charge in [-0.2, -0.15) is 0 Å². The lowest BCUT2D eigenvalue weighted by Gasteiger charge is -2.17. The summed E-state index contributed by atoms with van der Waals surface area (Å²) in [4.78, 5) is 32.5. The van der Waals surface area contributed by atoms with Crippen LogP contribution in [0.15, 0.2) is 38.2 Å². The van der Waals surface area contributed by atoms with Crippen molar-refractivity contribution in [3.05, 3.63) is 35.0 Å². The molecule has 0 saturated carbocycles. The number of aldehydes is 1. The zero-order valence-corrected chi connectivity index (χ0v) is 18.1. The van der Waals surface area contributed by atoms with Crippen molar-refractivity contribution >= 4 is 45.9 Å². The molecular formula is C14H11N3O12PS2-3. The van der Waals surface area contributed by atoms with E-state index in [1.165, 1.54) is 6.92 Å². The summed E-state index contributed by atoms with van der Waals surface area (Å²) in [6, 6.07) is 1.61. The fourth-order valence-corrected chi connectivity index (χ4v) is 3.77. The lowest BCUT2D eigenvalue weighted by atomic mass is 10.1. The Kier molecular flexibility index (Phi) is 7.28. The number of phosphoric ester groups is 1. The van der Waals surface area contributed by atoms with Crippen LogP contribution >= 0.6 is 7.82 Å². The van der Waals surface area contributed by atoms with E-state index >= 15 is 0 Å². The van der Waals surface area contributed by atoms with Crippen molar-refractivity contribution in [3.8, 4) is 5.75 Å². The van der Waals surface area contributed by atoms with E-state index < -0.39 is 72.8 Å². The molecule has 1 heterocycles. The van der Waals surface area contributed by atoms with Gasteiger partial charge in [0.2, 0.25) is 0 Å². The van der Waals surface area contributed by atoms with Crippen LogP contribution in [0.1, 0.15) is 21.6 Å². The number of pyridine rings is 1. The number of nitrogens with zero attached hydrogens (tertiary/aromatic N) is 3. The molecular weight excluding hydrogens is 497 g/mol. The first-order chi connectivity index (χ1) is 14.5. The van der Waals surface area contributed by atoms with Crippen molar-refractivity contribution in [2.45, 2.75) is 23.3 Å². The molecule has 0 fully saturated rings. The van der Waals surface area contributed by atoms with Gasteiger partial charge in [-0.15, -0.1) is 10.2 Å². The zero-order chi connectivity index (χ0) is 24.5. The van der Waals surface area contributed by atoms with Gasteiger partial charge in [-0.05, 0) is 25.1 Å². The number of benzene rings is 1. The van der Waals surface area contributed by atoms with Crippen molar-refractivity contribution in [3.63, 3.8) is 0 Å². The van der Waals surface area contributed by atoms with Crippen molar-refractivity contribution in [2.75, 3.05) is 0 Å². The summed E-state index contributed by atoms with van der Waals surface area (Å²) in [5.41, 5.74) is -1.94. The Hall–Kier alpha value is -2.63. The van der Waals surface area contributed by atoms with E-state index in [1.54, 1.807) is 0 Å². The predicted molar refractivity (Wildman–Crippen MR) is 97.2 cm³/mol. The molecule has 0 aliphatic carbocycles. The molecule has 0 spiro atoms. The fraction of sp³-hybridized carbons (Fsp3) is 0.143. The lowest BCUT2D eigenvalue weighted by Crippen LogP contribution is -2.06. The monoisotopic (exact) mass is 508 g/mol. The van der Waals surface area contributed by atoms with E-state index in [0.29, 0.717) is 12.1 Å². The number of azo groups is 1. The first-order valence-electron chi connectivity index (χ1n) is 7.88. The Balaban J connectivity index is 2.69. The third-order valence-corrected chi connectivity index (χ3v) is 5.85. The van der Waals surface area contributed by atoms with Crippen LogP contribution in [0.5, 0.6) is 5.75 Å². The minimum Gasteiger partial charge on any atom is -0.756 e. The van der Waals surface area contributed by atoms with E-state index in [2.05, 4.69) is 19.7 Å². The second-order valence-corrected chi connectivity index (χ2v) is 9.78. The Labute approximate surface area is 180 Å². The molecule has 1 unspecified atom stereocenters. The zero-order valence-electron chi connectivity index (χ0n) is 15.6. The molecule has 0 saturated heterocycles. The van der Waals surface area contributed by atoms with Gasteiger partial charge in [-0.25, -0.2) is 21.8 Å². The molecule has 32 heavy (non-hydrogen) atoms. The standard InChI is InChI=1S/C14H14N3O12PS2/c1-7-13(19)9(5-18)10(6-29-30(20,21)22)14(15-7)17-16-11-3-2-8(31(23,24)25)4-12(11)32(26,27)28/h2-5,19H,6H2,1H3,(H2,20,21,22)(H,23,24,25)(H,26,27,28)/p-3. The van der Waals surface area contributed by atoms with Gasteiger partial charge in [0.15, 0.2) is 12.1 Å². The van der Waals surface area contributed by atoms with Crippen molar-refractivity contribution in [1.82, 2.24) is 4.98 Å². The summed E-state index contributed by atoms with van der Waals surface area (Å²) < 4.78 is 82.7. The molecule has 2 aromatic rings. The van der Waals surface area contributed by atoms with Crippen LogP contribution in [0.2, 0.25) is 0 Å². The maximum atomic E-state index is 11.5. The summed E-state index contributed by atoms with van der Waals surface area (Å²) in [5, 5.41) is 16.9. The Morgan fingerprint density at radius 3 is 2.31 bits per heavy atom. The summed E-state index contributed by atoms with van der Waals surface area (Å²) in [6.45, 7) is 0.179. The topological polar surface area (TPSA) is 259 Å². The van der Waals surface area contributed by atoms with E-state index in [-0.39, 0.29) is 18.0 Å². The van der Waals surface area contributed by atoms with Gasteiger partial charge in [0, 0.05) is 5.56 Å². The van der Waals surface area contributed by atoms with Crippen LogP contribution in [-0.4, -0.2) is 47.2 Å². The molecule has 2 N–H and O–H groups in total. The lowest BCUT2D eigenvalue weighted by molar-refractivity contribution is -0.220. The minimum atomic E-state index is -5.35. The fourth-order valence-electron chi connectivity index (χ4n) is 2.27. The molecule has 0 aliphatic rings.